The van der Waals surface area contributed by atoms with Crippen LogP contribution in [0, 0.1) is 0 Å². The van der Waals surface area contributed by atoms with Crippen molar-refractivity contribution in [1.82, 2.24) is 4.57 Å². The lowest BCUT2D eigenvalue weighted by Gasteiger charge is -1.98. The average molecular weight is 153 g/mol. The molecule has 0 fully saturated rings. The largest absolute Gasteiger partial charge is 0.392 e. The molecule has 62 valence electrons. The SMILES string of the molecule is CCCCn1ccc(CO)c1. The van der Waals surface area contributed by atoms with Crippen molar-refractivity contribution < 1.29 is 5.11 Å². The number of aliphatic hydroxyl groups excluding tert-OH is 1. The van der Waals surface area contributed by atoms with E-state index in [1.54, 1.807) is 0 Å². The van der Waals surface area contributed by atoms with Gasteiger partial charge in [-0.15, -0.1) is 0 Å². The van der Waals surface area contributed by atoms with E-state index in [9.17, 15) is 0 Å². The van der Waals surface area contributed by atoms with Crippen LogP contribution in [0.1, 0.15) is 25.3 Å². The van der Waals surface area contributed by atoms with Crippen LogP contribution in [0.25, 0.3) is 0 Å². The number of unbranched alkanes of at least 4 members (excludes halogenated alkanes) is 1. The van der Waals surface area contributed by atoms with Crippen LogP contribution >= 0.6 is 0 Å². The molecule has 1 rings (SSSR count). The molecular weight excluding hydrogens is 138 g/mol. The van der Waals surface area contributed by atoms with Gasteiger partial charge in [0, 0.05) is 18.9 Å². The van der Waals surface area contributed by atoms with Gasteiger partial charge >= 0.3 is 0 Å². The van der Waals surface area contributed by atoms with E-state index in [1.807, 2.05) is 18.5 Å². The highest BCUT2D eigenvalue weighted by Gasteiger charge is 1.93. The zero-order valence-electron chi connectivity index (χ0n) is 6.95. The van der Waals surface area contributed by atoms with Gasteiger partial charge in [0.2, 0.25) is 0 Å². The summed E-state index contributed by atoms with van der Waals surface area (Å²) >= 11 is 0. The summed E-state index contributed by atoms with van der Waals surface area (Å²) in [4.78, 5) is 0. The van der Waals surface area contributed by atoms with Crippen LogP contribution in [0.5, 0.6) is 0 Å². The van der Waals surface area contributed by atoms with Gasteiger partial charge in [-0.25, -0.2) is 0 Å². The van der Waals surface area contributed by atoms with Crippen molar-refractivity contribution in [3.63, 3.8) is 0 Å². The molecule has 1 aromatic rings. The summed E-state index contributed by atoms with van der Waals surface area (Å²) in [5, 5.41) is 8.76. The van der Waals surface area contributed by atoms with Crippen molar-refractivity contribution >= 4 is 0 Å². The summed E-state index contributed by atoms with van der Waals surface area (Å²) in [6, 6.07) is 1.95. The monoisotopic (exact) mass is 153 g/mol. The van der Waals surface area contributed by atoms with E-state index in [2.05, 4.69) is 11.5 Å². The number of hydrogen-bond donors (Lipinski definition) is 1. The van der Waals surface area contributed by atoms with Crippen molar-refractivity contribution in [3.8, 4) is 0 Å². The van der Waals surface area contributed by atoms with Gasteiger partial charge in [0.1, 0.15) is 0 Å². The third-order valence-corrected chi connectivity index (χ3v) is 1.76. The average Bonchev–Trinajstić information content (AvgIpc) is 2.48. The van der Waals surface area contributed by atoms with E-state index in [0.717, 1.165) is 12.1 Å². The number of aromatic nitrogens is 1. The smallest absolute Gasteiger partial charge is 0.0696 e. The molecule has 0 bridgehead atoms. The fraction of sp³-hybridized carbons (Fsp3) is 0.556. The van der Waals surface area contributed by atoms with Crippen LogP contribution in [0.3, 0.4) is 0 Å². The number of aryl methyl sites for hydroxylation is 1. The molecule has 0 atom stereocenters. The first kappa shape index (κ1) is 8.34. The van der Waals surface area contributed by atoms with Crippen LogP contribution < -0.4 is 0 Å². The number of aliphatic hydroxyl groups is 1. The van der Waals surface area contributed by atoms with Crippen LogP contribution in [0.2, 0.25) is 0 Å². The van der Waals surface area contributed by atoms with Crippen LogP contribution in [-0.2, 0) is 13.2 Å². The van der Waals surface area contributed by atoms with E-state index in [-0.39, 0.29) is 6.61 Å². The summed E-state index contributed by atoms with van der Waals surface area (Å²) in [6.45, 7) is 3.39. The lowest BCUT2D eigenvalue weighted by atomic mass is 10.3. The molecule has 11 heavy (non-hydrogen) atoms. The minimum atomic E-state index is 0.152. The topological polar surface area (TPSA) is 25.2 Å². The van der Waals surface area contributed by atoms with Crippen LogP contribution in [0.15, 0.2) is 18.5 Å². The molecule has 0 spiro atoms. The molecule has 2 heteroatoms. The van der Waals surface area contributed by atoms with Gasteiger partial charge in [-0.05, 0) is 18.1 Å². The number of rotatable bonds is 4. The van der Waals surface area contributed by atoms with Crippen molar-refractivity contribution in [2.75, 3.05) is 0 Å². The van der Waals surface area contributed by atoms with Gasteiger partial charge in [0.05, 0.1) is 6.61 Å². The van der Waals surface area contributed by atoms with E-state index >= 15 is 0 Å². The van der Waals surface area contributed by atoms with E-state index in [0.29, 0.717) is 0 Å². The Morgan fingerprint density at radius 1 is 1.55 bits per heavy atom. The molecule has 0 saturated heterocycles. The Morgan fingerprint density at radius 3 is 2.91 bits per heavy atom. The Bertz CT molecular complexity index is 205. The second-order valence-corrected chi connectivity index (χ2v) is 2.77. The fourth-order valence-electron chi connectivity index (χ4n) is 1.06. The molecule has 0 saturated carbocycles. The highest BCUT2D eigenvalue weighted by molar-refractivity contribution is 5.08. The first-order valence-corrected chi connectivity index (χ1v) is 4.12. The minimum absolute atomic E-state index is 0.152. The van der Waals surface area contributed by atoms with Crippen molar-refractivity contribution in [2.24, 2.45) is 0 Å². The van der Waals surface area contributed by atoms with Gasteiger partial charge in [0.15, 0.2) is 0 Å². The second-order valence-electron chi connectivity index (χ2n) is 2.77. The van der Waals surface area contributed by atoms with Gasteiger partial charge in [-0.3, -0.25) is 0 Å². The maximum Gasteiger partial charge on any atom is 0.0696 e. The third kappa shape index (κ3) is 2.39. The molecule has 1 N–H and O–H groups in total. The van der Waals surface area contributed by atoms with Gasteiger partial charge < -0.3 is 9.67 Å². The summed E-state index contributed by atoms with van der Waals surface area (Å²) < 4.78 is 2.12. The van der Waals surface area contributed by atoms with E-state index < -0.39 is 0 Å². The molecule has 0 aliphatic carbocycles. The molecule has 1 heterocycles. The fourth-order valence-corrected chi connectivity index (χ4v) is 1.06. The van der Waals surface area contributed by atoms with Crippen molar-refractivity contribution in [1.29, 1.82) is 0 Å². The molecule has 0 radical (unpaired) electrons. The zero-order valence-corrected chi connectivity index (χ0v) is 6.95. The second kappa shape index (κ2) is 4.19. The molecular formula is C9H15NO. The third-order valence-electron chi connectivity index (χ3n) is 1.76. The summed E-state index contributed by atoms with van der Waals surface area (Å²) in [7, 11) is 0. The quantitative estimate of drug-likeness (QED) is 0.700. The number of nitrogens with zero attached hydrogens (tertiary/aromatic N) is 1. The lowest BCUT2D eigenvalue weighted by molar-refractivity contribution is 0.281. The predicted octanol–water partition coefficient (Wildman–Crippen LogP) is 1.78. The molecule has 0 aliphatic heterocycles. The molecule has 1 aromatic heterocycles. The molecule has 0 amide bonds. The highest BCUT2D eigenvalue weighted by Crippen LogP contribution is 2.02. The standard InChI is InChI=1S/C9H15NO/c1-2-3-5-10-6-4-9(7-10)8-11/h4,6-7,11H,2-3,5,8H2,1H3. The maximum absolute atomic E-state index is 8.76. The summed E-state index contributed by atoms with van der Waals surface area (Å²) in [5.41, 5.74) is 1.00. The lowest BCUT2D eigenvalue weighted by Crippen LogP contribution is -1.92. The molecule has 0 unspecified atom stereocenters. The summed E-state index contributed by atoms with van der Waals surface area (Å²) in [6.07, 6.45) is 6.43. The minimum Gasteiger partial charge on any atom is -0.392 e. The highest BCUT2D eigenvalue weighted by atomic mass is 16.3. The zero-order chi connectivity index (χ0) is 8.10. The maximum atomic E-state index is 8.76. The molecule has 0 aliphatic rings. The summed E-state index contributed by atoms with van der Waals surface area (Å²) in [5.74, 6) is 0. The first-order chi connectivity index (χ1) is 5.36. The number of hydrogen-bond acceptors (Lipinski definition) is 1. The molecule has 0 aromatic carbocycles. The Kier molecular flexibility index (Phi) is 3.17. The Morgan fingerprint density at radius 2 is 2.36 bits per heavy atom. The normalized spacial score (nSPS) is 10.4. The Labute approximate surface area is 67.5 Å². The van der Waals surface area contributed by atoms with Crippen molar-refractivity contribution in [2.45, 2.75) is 32.9 Å². The predicted molar refractivity (Wildman–Crippen MR) is 45.3 cm³/mol. The van der Waals surface area contributed by atoms with E-state index in [4.69, 9.17) is 5.11 Å². The van der Waals surface area contributed by atoms with Crippen molar-refractivity contribution in [3.05, 3.63) is 24.0 Å². The van der Waals surface area contributed by atoms with Gasteiger partial charge in [0.25, 0.3) is 0 Å². The Balaban J connectivity index is 2.44. The Hall–Kier alpha value is -0.760. The first-order valence-electron chi connectivity index (χ1n) is 4.12. The van der Waals surface area contributed by atoms with Crippen LogP contribution in [-0.4, -0.2) is 9.67 Å². The van der Waals surface area contributed by atoms with Crippen LogP contribution in [0.4, 0.5) is 0 Å². The van der Waals surface area contributed by atoms with Gasteiger partial charge in [-0.1, -0.05) is 13.3 Å². The van der Waals surface area contributed by atoms with E-state index in [1.165, 1.54) is 12.8 Å². The van der Waals surface area contributed by atoms with Gasteiger partial charge in [-0.2, -0.15) is 0 Å². The molecule has 2 nitrogen and oxygen atoms in total.